The average Bonchev–Trinajstić information content (AvgIpc) is 2.31. The Morgan fingerprint density at radius 3 is 2.60 bits per heavy atom. The Morgan fingerprint density at radius 1 is 1.45 bits per heavy atom. The Hall–Kier alpha value is -1.08. The third-order valence-corrected chi connectivity index (χ3v) is 4.09. The van der Waals surface area contributed by atoms with Crippen LogP contribution < -0.4 is 5.32 Å². The summed E-state index contributed by atoms with van der Waals surface area (Å²) < 4.78 is 24.0. The highest BCUT2D eigenvalue weighted by atomic mass is 35.5. The Morgan fingerprint density at radius 2 is 2.10 bits per heavy atom. The Labute approximate surface area is 128 Å². The van der Waals surface area contributed by atoms with Gasteiger partial charge in [-0.05, 0) is 18.2 Å². The van der Waals surface area contributed by atoms with Gasteiger partial charge in [0.2, 0.25) is 15.9 Å². The molecule has 0 fully saturated rings. The first-order chi connectivity index (χ1) is 9.24. The van der Waals surface area contributed by atoms with Crippen LogP contribution in [0, 0.1) is 0 Å². The number of amides is 1. The van der Waals surface area contributed by atoms with Gasteiger partial charge in [-0.25, -0.2) is 8.42 Å². The van der Waals surface area contributed by atoms with Gasteiger partial charge in [-0.1, -0.05) is 29.3 Å². The third kappa shape index (κ3) is 5.13. The molecule has 5 nitrogen and oxygen atoms in total. The summed E-state index contributed by atoms with van der Waals surface area (Å²) in [7, 11) is -3.48. The summed E-state index contributed by atoms with van der Waals surface area (Å²) in [5, 5.41) is 3.25. The van der Waals surface area contributed by atoms with Crippen molar-refractivity contribution < 1.29 is 13.2 Å². The van der Waals surface area contributed by atoms with E-state index in [0.717, 1.165) is 10.6 Å². The molecule has 1 aromatic carbocycles. The monoisotopic (exact) mass is 336 g/mol. The lowest BCUT2D eigenvalue weighted by Gasteiger charge is -2.17. The van der Waals surface area contributed by atoms with Crippen molar-refractivity contribution in [3.8, 4) is 0 Å². The van der Waals surface area contributed by atoms with Gasteiger partial charge in [-0.15, -0.1) is 6.58 Å². The van der Waals surface area contributed by atoms with E-state index < -0.39 is 15.9 Å². The number of nitrogens with one attached hydrogen (secondary N) is 1. The minimum atomic E-state index is -3.48. The normalized spacial score (nSPS) is 11.4. The van der Waals surface area contributed by atoms with Crippen LogP contribution in [0.3, 0.4) is 0 Å². The molecule has 1 amide bonds. The summed E-state index contributed by atoms with van der Waals surface area (Å²) in [6, 6.07) is 4.60. The van der Waals surface area contributed by atoms with Crippen LogP contribution in [0.1, 0.15) is 0 Å². The van der Waals surface area contributed by atoms with Gasteiger partial charge < -0.3 is 5.32 Å². The molecule has 8 heteroatoms. The van der Waals surface area contributed by atoms with Crippen LogP contribution in [-0.4, -0.2) is 38.0 Å². The van der Waals surface area contributed by atoms with Gasteiger partial charge in [0.1, 0.15) is 0 Å². The van der Waals surface area contributed by atoms with Gasteiger partial charge in [0, 0.05) is 11.6 Å². The molecule has 0 aliphatic heterocycles. The van der Waals surface area contributed by atoms with Gasteiger partial charge >= 0.3 is 0 Å². The van der Waals surface area contributed by atoms with E-state index in [-0.39, 0.29) is 18.1 Å². The van der Waals surface area contributed by atoms with Crippen molar-refractivity contribution in [1.29, 1.82) is 0 Å². The van der Waals surface area contributed by atoms with Crippen molar-refractivity contribution in [2.45, 2.75) is 0 Å². The number of carbonyl (C=O) groups excluding carboxylic acids is 1. The molecule has 0 saturated carbocycles. The van der Waals surface area contributed by atoms with E-state index in [2.05, 4.69) is 11.9 Å². The highest BCUT2D eigenvalue weighted by molar-refractivity contribution is 7.88. The molecule has 0 saturated heterocycles. The smallest absolute Gasteiger partial charge is 0.239 e. The fourth-order valence-electron chi connectivity index (χ4n) is 1.40. The number of hydrogen-bond acceptors (Lipinski definition) is 3. The molecule has 0 aromatic heterocycles. The van der Waals surface area contributed by atoms with Crippen LogP contribution in [0.5, 0.6) is 0 Å². The highest BCUT2D eigenvalue weighted by Gasteiger charge is 2.19. The molecule has 0 unspecified atom stereocenters. The lowest BCUT2D eigenvalue weighted by atomic mass is 10.3. The Kier molecular flexibility index (Phi) is 6.01. The molecule has 20 heavy (non-hydrogen) atoms. The van der Waals surface area contributed by atoms with Crippen LogP contribution in [0.4, 0.5) is 5.69 Å². The molecule has 110 valence electrons. The molecular formula is C12H14Cl2N2O3S. The molecule has 0 radical (unpaired) electrons. The molecular weight excluding hydrogens is 323 g/mol. The molecule has 1 aromatic rings. The second-order valence-electron chi connectivity index (χ2n) is 4.02. The van der Waals surface area contributed by atoms with Crippen LogP contribution in [0.15, 0.2) is 30.9 Å². The van der Waals surface area contributed by atoms with E-state index in [4.69, 9.17) is 23.2 Å². The summed E-state index contributed by atoms with van der Waals surface area (Å²) in [6.45, 7) is 3.20. The van der Waals surface area contributed by atoms with Gasteiger partial charge in [0.15, 0.2) is 0 Å². The van der Waals surface area contributed by atoms with Crippen molar-refractivity contribution in [3.63, 3.8) is 0 Å². The fourth-order valence-corrected chi connectivity index (χ4v) is 2.59. The molecule has 0 bridgehead atoms. The summed E-state index contributed by atoms with van der Waals surface area (Å²) in [4.78, 5) is 11.8. The highest BCUT2D eigenvalue weighted by Crippen LogP contribution is 2.25. The number of nitrogens with zero attached hydrogens (tertiary/aromatic N) is 1. The van der Waals surface area contributed by atoms with Crippen molar-refractivity contribution in [2.75, 3.05) is 24.7 Å². The summed E-state index contributed by atoms with van der Waals surface area (Å²) in [5.74, 6) is -0.499. The third-order valence-electron chi connectivity index (χ3n) is 2.33. The van der Waals surface area contributed by atoms with E-state index in [9.17, 15) is 13.2 Å². The van der Waals surface area contributed by atoms with Gasteiger partial charge in [-0.3, -0.25) is 4.79 Å². The number of halogens is 2. The van der Waals surface area contributed by atoms with Crippen molar-refractivity contribution >= 4 is 44.8 Å². The lowest BCUT2D eigenvalue weighted by Crippen LogP contribution is -2.37. The molecule has 0 aliphatic carbocycles. The summed E-state index contributed by atoms with van der Waals surface area (Å²) in [5.41, 5.74) is 0.369. The summed E-state index contributed by atoms with van der Waals surface area (Å²) >= 11 is 11.7. The zero-order chi connectivity index (χ0) is 15.3. The maximum Gasteiger partial charge on any atom is 0.239 e. The van der Waals surface area contributed by atoms with Crippen molar-refractivity contribution in [1.82, 2.24) is 4.31 Å². The van der Waals surface area contributed by atoms with Gasteiger partial charge in [0.05, 0.1) is 23.5 Å². The van der Waals surface area contributed by atoms with E-state index in [1.54, 1.807) is 12.1 Å². The average molecular weight is 337 g/mol. The second-order valence-corrected chi connectivity index (χ2v) is 6.84. The first-order valence-corrected chi connectivity index (χ1v) is 8.15. The van der Waals surface area contributed by atoms with Crippen molar-refractivity contribution in [2.24, 2.45) is 0 Å². The molecule has 1 rings (SSSR count). The van der Waals surface area contributed by atoms with Crippen molar-refractivity contribution in [3.05, 3.63) is 40.9 Å². The standard InChI is InChI=1S/C12H14Cl2N2O3S/c1-3-6-16(20(2,18)19)8-12(17)15-11-5-4-9(13)7-10(11)14/h3-5,7H,1,6,8H2,2H3,(H,15,17). The van der Waals surface area contributed by atoms with Crippen LogP contribution >= 0.6 is 23.2 Å². The summed E-state index contributed by atoms with van der Waals surface area (Å²) in [6.07, 6.45) is 2.43. The first kappa shape index (κ1) is 17.0. The maximum atomic E-state index is 11.8. The Bertz CT molecular complexity index is 617. The topological polar surface area (TPSA) is 66.5 Å². The SMILES string of the molecule is C=CCN(CC(=O)Nc1ccc(Cl)cc1Cl)S(C)(=O)=O. The second kappa shape index (κ2) is 7.08. The number of rotatable bonds is 6. The van der Waals surface area contributed by atoms with Gasteiger partial charge in [-0.2, -0.15) is 4.31 Å². The zero-order valence-electron chi connectivity index (χ0n) is 10.8. The zero-order valence-corrected chi connectivity index (χ0v) is 13.1. The molecule has 1 N–H and O–H groups in total. The maximum absolute atomic E-state index is 11.8. The fraction of sp³-hybridized carbons (Fsp3) is 0.250. The predicted octanol–water partition coefficient (Wildman–Crippen LogP) is 2.38. The lowest BCUT2D eigenvalue weighted by molar-refractivity contribution is -0.116. The predicted molar refractivity (Wildman–Crippen MR) is 81.7 cm³/mol. The van der Waals surface area contributed by atoms with Crippen LogP contribution in [0.25, 0.3) is 0 Å². The molecule has 0 heterocycles. The van der Waals surface area contributed by atoms with E-state index >= 15 is 0 Å². The van der Waals surface area contributed by atoms with E-state index in [0.29, 0.717) is 10.7 Å². The van der Waals surface area contributed by atoms with E-state index in [1.807, 2.05) is 0 Å². The number of sulfonamides is 1. The minimum absolute atomic E-state index is 0.0562. The molecule has 0 aliphatic rings. The minimum Gasteiger partial charge on any atom is -0.324 e. The first-order valence-electron chi connectivity index (χ1n) is 5.55. The van der Waals surface area contributed by atoms with Gasteiger partial charge in [0.25, 0.3) is 0 Å². The molecule has 0 spiro atoms. The quantitative estimate of drug-likeness (QED) is 0.811. The number of carbonyl (C=O) groups is 1. The number of benzene rings is 1. The van der Waals surface area contributed by atoms with E-state index in [1.165, 1.54) is 12.1 Å². The molecule has 0 atom stereocenters. The largest absolute Gasteiger partial charge is 0.324 e. The number of anilines is 1. The van der Waals surface area contributed by atoms with Crippen LogP contribution in [-0.2, 0) is 14.8 Å². The Balaban J connectivity index is 2.78. The van der Waals surface area contributed by atoms with Crippen LogP contribution in [0.2, 0.25) is 10.0 Å². The number of hydrogen-bond donors (Lipinski definition) is 1.